The van der Waals surface area contributed by atoms with E-state index in [1.807, 2.05) is 30.9 Å². The van der Waals surface area contributed by atoms with Crippen molar-refractivity contribution >= 4 is 17.7 Å². The van der Waals surface area contributed by atoms with Gasteiger partial charge in [-0.05, 0) is 49.4 Å². The first-order valence-corrected chi connectivity index (χ1v) is 11.3. The zero-order chi connectivity index (χ0) is 20.2. The van der Waals surface area contributed by atoms with Crippen LogP contribution in [0.5, 0.6) is 11.5 Å². The SMILES string of the molecule is CCN(CC)CCOc1ccc(CNC(=NC)NCC2CCCS2)cc1OC. The molecule has 158 valence electrons. The molecule has 0 bridgehead atoms. The van der Waals surface area contributed by atoms with Gasteiger partial charge in [0.05, 0.1) is 7.11 Å². The molecule has 1 fully saturated rings. The van der Waals surface area contributed by atoms with Crippen LogP contribution >= 0.6 is 11.8 Å². The average molecular weight is 409 g/mol. The zero-order valence-corrected chi connectivity index (χ0v) is 18.6. The van der Waals surface area contributed by atoms with Gasteiger partial charge in [-0.1, -0.05) is 19.9 Å². The van der Waals surface area contributed by atoms with Gasteiger partial charge >= 0.3 is 0 Å². The monoisotopic (exact) mass is 408 g/mol. The van der Waals surface area contributed by atoms with Gasteiger partial charge in [0.25, 0.3) is 0 Å². The van der Waals surface area contributed by atoms with Gasteiger partial charge in [-0.25, -0.2) is 0 Å². The molecule has 1 aromatic rings. The second kappa shape index (κ2) is 12.8. The van der Waals surface area contributed by atoms with E-state index in [1.165, 1.54) is 18.6 Å². The number of aliphatic imine (C=N–C) groups is 1. The maximum atomic E-state index is 5.93. The van der Waals surface area contributed by atoms with Crippen molar-refractivity contribution in [2.24, 2.45) is 4.99 Å². The van der Waals surface area contributed by atoms with Crippen molar-refractivity contribution in [2.45, 2.75) is 38.5 Å². The number of ether oxygens (including phenoxy) is 2. The van der Waals surface area contributed by atoms with Crippen LogP contribution < -0.4 is 20.1 Å². The highest BCUT2D eigenvalue weighted by molar-refractivity contribution is 8.00. The molecule has 0 aromatic heterocycles. The lowest BCUT2D eigenvalue weighted by atomic mass is 10.2. The van der Waals surface area contributed by atoms with Crippen molar-refractivity contribution < 1.29 is 9.47 Å². The Morgan fingerprint density at radius 1 is 1.25 bits per heavy atom. The van der Waals surface area contributed by atoms with E-state index in [9.17, 15) is 0 Å². The zero-order valence-electron chi connectivity index (χ0n) is 17.8. The largest absolute Gasteiger partial charge is 0.493 e. The van der Waals surface area contributed by atoms with Crippen LogP contribution in [0.25, 0.3) is 0 Å². The molecule has 2 N–H and O–H groups in total. The van der Waals surface area contributed by atoms with Crippen LogP contribution in [0.3, 0.4) is 0 Å². The van der Waals surface area contributed by atoms with Crippen molar-refractivity contribution in [3.05, 3.63) is 23.8 Å². The molecule has 1 heterocycles. The Bertz CT molecular complexity index is 602. The second-order valence-corrected chi connectivity index (χ2v) is 8.21. The summed E-state index contributed by atoms with van der Waals surface area (Å²) in [4.78, 5) is 6.66. The molecule has 6 nitrogen and oxygen atoms in total. The minimum absolute atomic E-state index is 0.658. The Kier molecular flexibility index (Phi) is 10.4. The lowest BCUT2D eigenvalue weighted by Crippen LogP contribution is -2.39. The highest BCUT2D eigenvalue weighted by atomic mass is 32.2. The highest BCUT2D eigenvalue weighted by Gasteiger charge is 2.15. The summed E-state index contributed by atoms with van der Waals surface area (Å²) in [6.45, 7) is 9.64. The number of likely N-dealkylation sites (N-methyl/N-ethyl adjacent to an activating group) is 1. The van der Waals surface area contributed by atoms with E-state index in [0.717, 1.165) is 49.2 Å². The Labute approximate surface area is 174 Å². The Hall–Kier alpha value is -1.60. The van der Waals surface area contributed by atoms with Crippen LogP contribution in [0.15, 0.2) is 23.2 Å². The van der Waals surface area contributed by atoms with Crippen molar-refractivity contribution in [3.8, 4) is 11.5 Å². The molecule has 1 aliphatic heterocycles. The van der Waals surface area contributed by atoms with Gasteiger partial charge in [-0.2, -0.15) is 11.8 Å². The summed E-state index contributed by atoms with van der Waals surface area (Å²) in [5.41, 5.74) is 1.13. The summed E-state index contributed by atoms with van der Waals surface area (Å²) in [5, 5.41) is 7.51. The van der Waals surface area contributed by atoms with Gasteiger partial charge < -0.3 is 25.0 Å². The van der Waals surface area contributed by atoms with Gasteiger partial charge in [-0.15, -0.1) is 0 Å². The summed E-state index contributed by atoms with van der Waals surface area (Å²) in [5.74, 6) is 3.68. The minimum Gasteiger partial charge on any atom is -0.493 e. The summed E-state index contributed by atoms with van der Waals surface area (Å²) in [7, 11) is 3.49. The van der Waals surface area contributed by atoms with Crippen LogP contribution in [0, 0.1) is 0 Å². The summed E-state index contributed by atoms with van der Waals surface area (Å²) < 4.78 is 11.5. The molecule has 1 atom stereocenters. The summed E-state index contributed by atoms with van der Waals surface area (Å²) >= 11 is 2.05. The molecule has 0 amide bonds. The molecule has 0 spiro atoms. The average Bonchev–Trinajstić information content (AvgIpc) is 3.25. The van der Waals surface area contributed by atoms with Crippen LogP contribution in [0.2, 0.25) is 0 Å². The third-order valence-electron chi connectivity index (χ3n) is 4.99. The third-order valence-corrected chi connectivity index (χ3v) is 6.39. The number of nitrogens with one attached hydrogen (secondary N) is 2. The van der Waals surface area contributed by atoms with Gasteiger partial charge in [0, 0.05) is 31.9 Å². The molecular formula is C21H36N4O2S. The number of hydrogen-bond acceptors (Lipinski definition) is 5. The maximum absolute atomic E-state index is 5.93. The molecule has 0 saturated carbocycles. The van der Waals surface area contributed by atoms with Gasteiger partial charge in [-0.3, -0.25) is 4.99 Å². The number of methoxy groups -OCH3 is 1. The predicted octanol–water partition coefficient (Wildman–Crippen LogP) is 2.98. The van der Waals surface area contributed by atoms with Crippen LogP contribution in [0.4, 0.5) is 0 Å². The van der Waals surface area contributed by atoms with Crippen LogP contribution in [-0.4, -0.2) is 68.8 Å². The van der Waals surface area contributed by atoms with E-state index in [1.54, 1.807) is 7.11 Å². The first kappa shape index (κ1) is 22.7. The van der Waals surface area contributed by atoms with Crippen molar-refractivity contribution in [1.29, 1.82) is 0 Å². The van der Waals surface area contributed by atoms with E-state index < -0.39 is 0 Å². The van der Waals surface area contributed by atoms with Crippen molar-refractivity contribution in [1.82, 2.24) is 15.5 Å². The quantitative estimate of drug-likeness (QED) is 0.434. The number of thioether (sulfide) groups is 1. The molecule has 2 rings (SSSR count). The summed E-state index contributed by atoms with van der Waals surface area (Å²) in [6.07, 6.45) is 2.62. The first-order valence-electron chi connectivity index (χ1n) is 10.3. The van der Waals surface area contributed by atoms with Crippen LogP contribution in [0.1, 0.15) is 32.3 Å². The standard InChI is InChI=1S/C21H36N4O2S/c1-5-25(6-2)11-12-27-19-10-9-17(14-20(19)26-4)15-23-21(22-3)24-16-18-8-7-13-28-18/h9-10,14,18H,5-8,11-13,15-16H2,1-4H3,(H2,22,23,24). The molecule has 7 heteroatoms. The molecule has 0 aliphatic carbocycles. The van der Waals surface area contributed by atoms with E-state index in [-0.39, 0.29) is 0 Å². The topological polar surface area (TPSA) is 58.1 Å². The van der Waals surface area contributed by atoms with Gasteiger partial charge in [0.1, 0.15) is 6.61 Å². The predicted molar refractivity (Wildman–Crippen MR) is 120 cm³/mol. The number of nitrogens with zero attached hydrogens (tertiary/aromatic N) is 2. The van der Waals surface area contributed by atoms with E-state index in [2.05, 4.69) is 40.4 Å². The number of hydrogen-bond donors (Lipinski definition) is 2. The molecule has 0 radical (unpaired) electrons. The molecule has 28 heavy (non-hydrogen) atoms. The van der Waals surface area contributed by atoms with Gasteiger partial charge in [0.2, 0.25) is 0 Å². The molecule has 1 saturated heterocycles. The molecule has 1 aliphatic rings. The Balaban J connectivity index is 1.82. The van der Waals surface area contributed by atoms with Crippen molar-refractivity contribution in [3.63, 3.8) is 0 Å². The smallest absolute Gasteiger partial charge is 0.191 e. The van der Waals surface area contributed by atoms with E-state index in [0.29, 0.717) is 18.4 Å². The number of benzene rings is 1. The second-order valence-electron chi connectivity index (χ2n) is 6.80. The lowest BCUT2D eigenvalue weighted by Gasteiger charge is -2.19. The maximum Gasteiger partial charge on any atom is 0.191 e. The molecule has 1 unspecified atom stereocenters. The minimum atomic E-state index is 0.658. The van der Waals surface area contributed by atoms with E-state index >= 15 is 0 Å². The van der Waals surface area contributed by atoms with Gasteiger partial charge in [0.15, 0.2) is 17.5 Å². The first-order chi connectivity index (χ1) is 13.7. The summed E-state index contributed by atoms with van der Waals surface area (Å²) in [6, 6.07) is 6.09. The normalized spacial score (nSPS) is 17.0. The number of rotatable bonds is 11. The molecular weight excluding hydrogens is 372 g/mol. The van der Waals surface area contributed by atoms with Crippen LogP contribution in [-0.2, 0) is 6.54 Å². The lowest BCUT2D eigenvalue weighted by molar-refractivity contribution is 0.217. The van der Waals surface area contributed by atoms with E-state index in [4.69, 9.17) is 9.47 Å². The van der Waals surface area contributed by atoms with Crippen molar-refractivity contribution in [2.75, 3.05) is 52.7 Å². The fourth-order valence-corrected chi connectivity index (χ4v) is 4.39. The highest BCUT2D eigenvalue weighted by Crippen LogP contribution is 2.28. The Morgan fingerprint density at radius 3 is 2.71 bits per heavy atom. The number of guanidine groups is 1. The Morgan fingerprint density at radius 2 is 2.07 bits per heavy atom. The third kappa shape index (κ3) is 7.43. The fraction of sp³-hybridized carbons (Fsp3) is 0.667. The fourth-order valence-electron chi connectivity index (χ4n) is 3.19. The molecule has 1 aromatic carbocycles.